The Hall–Kier alpha value is -2.37. The molecule has 0 radical (unpaired) electrons. The Balaban J connectivity index is 1.49. The van der Waals surface area contributed by atoms with Gasteiger partial charge in [0.15, 0.2) is 0 Å². The van der Waals surface area contributed by atoms with Gasteiger partial charge in [-0.2, -0.15) is 4.98 Å². The van der Waals surface area contributed by atoms with Crippen molar-refractivity contribution in [3.8, 4) is 11.9 Å². The number of fused-ring (bicyclic) bond motifs is 5. The normalized spacial score (nSPS) is 36.7. The van der Waals surface area contributed by atoms with Crippen LogP contribution in [0, 0.1) is 28.6 Å². The van der Waals surface area contributed by atoms with E-state index in [1.807, 2.05) is 18.1 Å². The third-order valence-electron chi connectivity index (χ3n) is 9.00. The highest BCUT2D eigenvalue weighted by Gasteiger charge is 2.58. The maximum Gasteiger partial charge on any atom is 0.319 e. The first-order valence-electron chi connectivity index (χ1n) is 11.5. The zero-order valence-electron chi connectivity index (χ0n) is 19.3. The Morgan fingerprint density at radius 2 is 1.87 bits per heavy atom. The van der Waals surface area contributed by atoms with Gasteiger partial charge in [0.1, 0.15) is 0 Å². The highest BCUT2D eigenvalue weighted by atomic mass is 16.5. The molecule has 0 aromatic carbocycles. The molecule has 0 spiro atoms. The average molecular weight is 424 g/mol. The van der Waals surface area contributed by atoms with Crippen molar-refractivity contribution in [2.45, 2.75) is 52.4 Å². The molecule has 4 aliphatic rings. The number of allylic oxidation sites excluding steroid dienone is 4. The Morgan fingerprint density at radius 1 is 1.06 bits per heavy atom. The van der Waals surface area contributed by atoms with E-state index in [0.717, 1.165) is 31.2 Å². The molecule has 6 nitrogen and oxygen atoms in total. The monoisotopic (exact) mass is 423 g/mol. The maximum atomic E-state index is 12.3. The second-order valence-corrected chi connectivity index (χ2v) is 10.2. The molecule has 1 aliphatic heterocycles. The molecule has 0 N–H and O–H groups in total. The number of nitrogens with zero attached hydrogens (tertiary/aromatic N) is 3. The number of hydrogen-bond donors (Lipinski definition) is 0. The summed E-state index contributed by atoms with van der Waals surface area (Å²) < 4.78 is 10.8. The van der Waals surface area contributed by atoms with E-state index in [0.29, 0.717) is 36.1 Å². The van der Waals surface area contributed by atoms with Gasteiger partial charge in [-0.3, -0.25) is 4.79 Å². The lowest BCUT2D eigenvalue weighted by molar-refractivity contribution is -0.135. The Bertz CT molecular complexity index is 986. The number of aromatic nitrogens is 2. The molecule has 3 aliphatic carbocycles. The zero-order valence-corrected chi connectivity index (χ0v) is 19.3. The van der Waals surface area contributed by atoms with Crippen molar-refractivity contribution in [2.24, 2.45) is 28.6 Å². The second kappa shape index (κ2) is 7.07. The van der Waals surface area contributed by atoms with E-state index >= 15 is 0 Å². The Kier molecular flexibility index (Phi) is 4.68. The van der Waals surface area contributed by atoms with Crippen LogP contribution in [0.2, 0.25) is 0 Å². The fraction of sp³-hybridized carbons (Fsp3) is 0.640. The zero-order chi connectivity index (χ0) is 22.0. The number of rotatable bonds is 3. The quantitative estimate of drug-likeness (QED) is 0.717. The minimum atomic E-state index is 0.0878. The molecule has 166 valence electrons. The predicted octanol–water partition coefficient (Wildman–Crippen LogP) is 4.48. The van der Waals surface area contributed by atoms with Gasteiger partial charge in [0, 0.05) is 30.8 Å². The van der Waals surface area contributed by atoms with Crippen molar-refractivity contribution < 1.29 is 14.3 Å². The van der Waals surface area contributed by atoms with E-state index in [4.69, 9.17) is 9.47 Å². The molecule has 2 heterocycles. The molecule has 0 bridgehead atoms. The number of piperidine rings is 1. The van der Waals surface area contributed by atoms with Crippen LogP contribution in [0.5, 0.6) is 11.9 Å². The Morgan fingerprint density at radius 3 is 2.61 bits per heavy atom. The standard InChI is InChI=1S/C25H33N3O3/c1-24-12-10-19-15(6-9-20-25(19,2)13-11-21(29)28(20)3)17(24)7-8-18(24)16-14-26-23(31-5)27-22(16)30-4/h8-9,14-15,17,19H,6-7,10-13H2,1-5H3. The SMILES string of the molecule is COc1ncc(C2=CCC3C4CC=C5N(C)C(=O)CCC5(C)C4CCC23C)c(OC)n1. The van der Waals surface area contributed by atoms with Crippen molar-refractivity contribution in [2.75, 3.05) is 21.3 Å². The van der Waals surface area contributed by atoms with E-state index in [2.05, 4.69) is 36.0 Å². The van der Waals surface area contributed by atoms with Crippen LogP contribution in [0.3, 0.4) is 0 Å². The molecule has 1 aromatic heterocycles. The molecule has 2 fully saturated rings. The first-order chi connectivity index (χ1) is 14.8. The number of hydrogen-bond acceptors (Lipinski definition) is 5. The minimum absolute atomic E-state index is 0.0878. The van der Waals surface area contributed by atoms with Crippen LogP contribution in [0.1, 0.15) is 57.9 Å². The molecule has 6 heteroatoms. The maximum absolute atomic E-state index is 12.3. The summed E-state index contributed by atoms with van der Waals surface area (Å²) in [7, 11) is 5.19. The third kappa shape index (κ3) is 2.79. The van der Waals surface area contributed by atoms with Crippen LogP contribution >= 0.6 is 0 Å². The van der Waals surface area contributed by atoms with Gasteiger partial charge >= 0.3 is 6.01 Å². The van der Waals surface area contributed by atoms with Crippen LogP contribution in [0.25, 0.3) is 5.57 Å². The second-order valence-electron chi connectivity index (χ2n) is 10.2. The van der Waals surface area contributed by atoms with E-state index < -0.39 is 0 Å². The molecule has 31 heavy (non-hydrogen) atoms. The van der Waals surface area contributed by atoms with Crippen molar-refractivity contribution in [3.05, 3.63) is 29.6 Å². The summed E-state index contributed by atoms with van der Waals surface area (Å²) in [6.45, 7) is 4.83. The third-order valence-corrected chi connectivity index (χ3v) is 9.00. The lowest BCUT2D eigenvalue weighted by Crippen LogP contribution is -2.53. The first kappa shape index (κ1) is 20.5. The van der Waals surface area contributed by atoms with Gasteiger partial charge in [0.05, 0.1) is 19.8 Å². The molecule has 1 saturated carbocycles. The van der Waals surface area contributed by atoms with Gasteiger partial charge in [-0.15, -0.1) is 0 Å². The smallest absolute Gasteiger partial charge is 0.319 e. The molecule has 5 rings (SSSR count). The average Bonchev–Trinajstić information content (AvgIpc) is 3.13. The topological polar surface area (TPSA) is 64.5 Å². The highest BCUT2D eigenvalue weighted by molar-refractivity contribution is 5.80. The van der Waals surface area contributed by atoms with Crippen molar-refractivity contribution in [1.29, 1.82) is 0 Å². The summed E-state index contributed by atoms with van der Waals surface area (Å²) in [5.41, 5.74) is 3.78. The van der Waals surface area contributed by atoms with Crippen molar-refractivity contribution in [3.63, 3.8) is 0 Å². The lowest BCUT2D eigenvalue weighted by atomic mass is 9.49. The van der Waals surface area contributed by atoms with Gasteiger partial charge in [-0.1, -0.05) is 26.0 Å². The van der Waals surface area contributed by atoms with Crippen molar-refractivity contribution in [1.82, 2.24) is 14.9 Å². The molecule has 1 aromatic rings. The predicted molar refractivity (Wildman–Crippen MR) is 118 cm³/mol. The van der Waals surface area contributed by atoms with Gasteiger partial charge in [0.25, 0.3) is 0 Å². The number of carbonyl (C=O) groups excluding carboxylic acids is 1. The first-order valence-corrected chi connectivity index (χ1v) is 11.5. The van der Waals surface area contributed by atoms with Crippen LogP contribution < -0.4 is 9.47 Å². The van der Waals surface area contributed by atoms with Crippen LogP contribution in [0.4, 0.5) is 0 Å². The largest absolute Gasteiger partial charge is 0.480 e. The number of likely N-dealkylation sites (tertiary alicyclic amines) is 1. The summed E-state index contributed by atoms with van der Waals surface area (Å²) in [6.07, 6.45) is 12.7. The van der Waals surface area contributed by atoms with Crippen LogP contribution in [0.15, 0.2) is 24.0 Å². The summed E-state index contributed by atoms with van der Waals surface area (Å²) in [5.74, 6) is 2.70. The van der Waals surface area contributed by atoms with Gasteiger partial charge in [0.2, 0.25) is 11.8 Å². The van der Waals surface area contributed by atoms with E-state index in [-0.39, 0.29) is 16.7 Å². The summed E-state index contributed by atoms with van der Waals surface area (Å²) in [6, 6.07) is 0.332. The molecule has 5 unspecified atom stereocenters. The summed E-state index contributed by atoms with van der Waals surface area (Å²) in [4.78, 5) is 23.1. The molecule has 1 amide bonds. The Labute approximate surface area is 184 Å². The molecule has 5 atom stereocenters. The van der Waals surface area contributed by atoms with Gasteiger partial charge < -0.3 is 14.4 Å². The van der Waals surface area contributed by atoms with Gasteiger partial charge in [-0.05, 0) is 60.8 Å². The van der Waals surface area contributed by atoms with Crippen LogP contribution in [-0.4, -0.2) is 42.0 Å². The highest BCUT2D eigenvalue weighted by Crippen LogP contribution is 2.66. The molecular formula is C25H33N3O3. The fourth-order valence-electron chi connectivity index (χ4n) is 7.35. The van der Waals surface area contributed by atoms with Crippen LogP contribution in [-0.2, 0) is 4.79 Å². The summed E-state index contributed by atoms with van der Waals surface area (Å²) >= 11 is 0. The molecular weight excluding hydrogens is 390 g/mol. The number of amides is 1. The van der Waals surface area contributed by atoms with E-state index in [1.165, 1.54) is 17.7 Å². The summed E-state index contributed by atoms with van der Waals surface area (Å²) in [5, 5.41) is 0. The number of methoxy groups -OCH3 is 2. The van der Waals surface area contributed by atoms with E-state index in [9.17, 15) is 4.79 Å². The van der Waals surface area contributed by atoms with E-state index in [1.54, 1.807) is 14.2 Å². The molecule has 1 saturated heterocycles. The van der Waals surface area contributed by atoms with Gasteiger partial charge in [-0.25, -0.2) is 4.98 Å². The number of ether oxygens (including phenoxy) is 2. The van der Waals surface area contributed by atoms with Crippen molar-refractivity contribution >= 4 is 11.5 Å². The number of carbonyl (C=O) groups is 1. The fourth-order valence-corrected chi connectivity index (χ4v) is 7.35. The minimum Gasteiger partial charge on any atom is -0.480 e. The lowest BCUT2D eigenvalue weighted by Gasteiger charge is -2.58.